The van der Waals surface area contributed by atoms with E-state index in [-0.39, 0.29) is 30.2 Å². The Balaban J connectivity index is 1.85. The van der Waals surface area contributed by atoms with Crippen LogP contribution in [0.1, 0.15) is 31.2 Å². The highest BCUT2D eigenvalue weighted by atomic mass is 16.6. The van der Waals surface area contributed by atoms with Crippen molar-refractivity contribution in [1.29, 1.82) is 0 Å². The number of benzene rings is 1. The van der Waals surface area contributed by atoms with Gasteiger partial charge in [0, 0.05) is 17.8 Å². The van der Waals surface area contributed by atoms with Crippen molar-refractivity contribution in [3.05, 3.63) is 27.8 Å². The van der Waals surface area contributed by atoms with Gasteiger partial charge >= 0.3 is 0 Å². The van der Waals surface area contributed by atoms with Crippen LogP contribution in [0.15, 0.2) is 12.1 Å². The molecule has 112 valence electrons. The van der Waals surface area contributed by atoms with Gasteiger partial charge in [-0.15, -0.1) is 0 Å². The van der Waals surface area contributed by atoms with Crippen molar-refractivity contribution in [2.24, 2.45) is 0 Å². The third-order valence-electron chi connectivity index (χ3n) is 4.10. The number of aliphatic hydroxyl groups is 1. The van der Waals surface area contributed by atoms with Crippen LogP contribution in [0.4, 0.5) is 17.1 Å². The first kappa shape index (κ1) is 13.8. The highest BCUT2D eigenvalue weighted by molar-refractivity contribution is 6.00. The summed E-state index contributed by atoms with van der Waals surface area (Å²) < 4.78 is 0. The maximum atomic E-state index is 11.4. The predicted molar refractivity (Wildman–Crippen MR) is 77.3 cm³/mol. The zero-order valence-electron chi connectivity index (χ0n) is 11.5. The predicted octanol–water partition coefficient (Wildman–Crippen LogP) is 1.80. The number of hydrogen-bond donors (Lipinski definition) is 3. The highest BCUT2D eigenvalue weighted by Gasteiger charge is 2.27. The molecule has 0 atom stereocenters. The summed E-state index contributed by atoms with van der Waals surface area (Å²) in [5.74, 6) is -0.141. The van der Waals surface area contributed by atoms with E-state index in [9.17, 15) is 20.0 Å². The summed E-state index contributed by atoms with van der Waals surface area (Å²) in [6.07, 6.45) is 2.88. The number of amides is 1. The maximum Gasteiger partial charge on any atom is 0.292 e. The molecule has 1 fully saturated rings. The molecule has 1 aromatic carbocycles. The maximum absolute atomic E-state index is 11.4. The quantitative estimate of drug-likeness (QED) is 0.582. The van der Waals surface area contributed by atoms with Crippen LogP contribution >= 0.6 is 0 Å². The second-order valence-electron chi connectivity index (χ2n) is 5.66. The van der Waals surface area contributed by atoms with Crippen LogP contribution in [-0.4, -0.2) is 28.1 Å². The second-order valence-corrected chi connectivity index (χ2v) is 5.66. The van der Waals surface area contributed by atoms with Gasteiger partial charge in [0.2, 0.25) is 5.91 Å². The molecular weight excluding hydrogens is 274 g/mol. The Bertz CT molecular complexity index is 594. The van der Waals surface area contributed by atoms with Gasteiger partial charge in [0.25, 0.3) is 5.69 Å². The Morgan fingerprint density at radius 3 is 2.67 bits per heavy atom. The van der Waals surface area contributed by atoms with Crippen LogP contribution in [0.25, 0.3) is 0 Å². The third-order valence-corrected chi connectivity index (χ3v) is 4.10. The van der Waals surface area contributed by atoms with E-state index in [1.807, 2.05) is 0 Å². The monoisotopic (exact) mass is 291 g/mol. The van der Waals surface area contributed by atoms with Crippen molar-refractivity contribution in [3.63, 3.8) is 0 Å². The van der Waals surface area contributed by atoms with Gasteiger partial charge in [-0.1, -0.05) is 0 Å². The molecule has 3 N–H and O–H groups in total. The number of nitrogens with one attached hydrogen (secondary N) is 2. The molecule has 7 nitrogen and oxygen atoms in total. The first-order valence-electron chi connectivity index (χ1n) is 7.08. The smallest absolute Gasteiger partial charge is 0.292 e. The molecule has 0 radical (unpaired) electrons. The van der Waals surface area contributed by atoms with Gasteiger partial charge in [-0.05, 0) is 37.3 Å². The van der Waals surface area contributed by atoms with E-state index >= 15 is 0 Å². The van der Waals surface area contributed by atoms with E-state index in [0.717, 1.165) is 12.8 Å². The van der Waals surface area contributed by atoms with Crippen LogP contribution in [-0.2, 0) is 11.2 Å². The van der Waals surface area contributed by atoms with Crippen molar-refractivity contribution in [2.75, 3.05) is 10.6 Å². The van der Waals surface area contributed by atoms with Gasteiger partial charge in [-0.3, -0.25) is 14.9 Å². The molecule has 1 aliphatic heterocycles. The highest BCUT2D eigenvalue weighted by Crippen LogP contribution is 2.36. The lowest BCUT2D eigenvalue weighted by Crippen LogP contribution is -2.28. The van der Waals surface area contributed by atoms with Gasteiger partial charge in [-0.2, -0.15) is 0 Å². The number of fused-ring (bicyclic) bond motifs is 1. The molecule has 2 aliphatic rings. The lowest BCUT2D eigenvalue weighted by molar-refractivity contribution is -0.384. The number of carbonyl (C=O) groups excluding carboxylic acids is 1. The van der Waals surface area contributed by atoms with E-state index in [1.54, 1.807) is 6.07 Å². The fraction of sp³-hybridized carbons (Fsp3) is 0.500. The molecule has 0 bridgehead atoms. The number of aliphatic hydroxyl groups excluding tert-OH is 1. The Hall–Kier alpha value is -2.15. The number of nitrogens with zero attached hydrogens (tertiary/aromatic N) is 1. The van der Waals surface area contributed by atoms with Crippen LogP contribution in [0.5, 0.6) is 0 Å². The van der Waals surface area contributed by atoms with Crippen molar-refractivity contribution in [3.8, 4) is 0 Å². The van der Waals surface area contributed by atoms with Crippen molar-refractivity contribution in [1.82, 2.24) is 0 Å². The summed E-state index contributed by atoms with van der Waals surface area (Å²) in [7, 11) is 0. The van der Waals surface area contributed by atoms with Crippen molar-refractivity contribution < 1.29 is 14.8 Å². The fourth-order valence-electron chi connectivity index (χ4n) is 2.97. The Morgan fingerprint density at radius 1 is 1.29 bits per heavy atom. The molecular formula is C14H17N3O4. The Labute approximate surface area is 121 Å². The molecule has 0 aromatic heterocycles. The molecule has 1 heterocycles. The number of nitro benzene ring substituents is 1. The van der Waals surface area contributed by atoms with Gasteiger partial charge < -0.3 is 15.7 Å². The summed E-state index contributed by atoms with van der Waals surface area (Å²) in [5.41, 5.74) is 1.74. The molecule has 1 aliphatic carbocycles. The van der Waals surface area contributed by atoms with Crippen LogP contribution in [0, 0.1) is 10.1 Å². The molecule has 1 saturated carbocycles. The summed E-state index contributed by atoms with van der Waals surface area (Å²) >= 11 is 0. The lowest BCUT2D eigenvalue weighted by Gasteiger charge is -2.27. The minimum Gasteiger partial charge on any atom is -0.393 e. The van der Waals surface area contributed by atoms with E-state index in [2.05, 4.69) is 10.6 Å². The summed E-state index contributed by atoms with van der Waals surface area (Å²) in [4.78, 5) is 22.2. The first-order valence-corrected chi connectivity index (χ1v) is 7.08. The molecule has 1 amide bonds. The molecule has 1 aromatic rings. The summed E-state index contributed by atoms with van der Waals surface area (Å²) in [6, 6.07) is 3.22. The molecule has 7 heteroatoms. The SMILES string of the molecule is O=C1Cc2cc([N+](=O)[O-])c(NC3CCC(O)CC3)cc2N1. The lowest BCUT2D eigenvalue weighted by atomic mass is 9.93. The molecule has 0 spiro atoms. The largest absolute Gasteiger partial charge is 0.393 e. The van der Waals surface area contributed by atoms with Crippen molar-refractivity contribution in [2.45, 2.75) is 44.2 Å². The number of rotatable bonds is 3. The fourth-order valence-corrected chi connectivity index (χ4v) is 2.97. The molecule has 3 rings (SSSR count). The number of hydrogen-bond acceptors (Lipinski definition) is 5. The topological polar surface area (TPSA) is 104 Å². The van der Waals surface area contributed by atoms with Gasteiger partial charge in [0.05, 0.1) is 17.4 Å². The summed E-state index contributed by atoms with van der Waals surface area (Å²) in [6.45, 7) is 0. The normalized spacial score (nSPS) is 24.3. The minimum atomic E-state index is -0.427. The standard InChI is InChI=1S/C14H17N3O4/c18-10-3-1-9(2-4-10)15-12-7-11-8(6-14(19)16-11)5-13(12)17(20)21/h5,7,9-10,15,18H,1-4,6H2,(H,16,19). The average molecular weight is 291 g/mol. The molecule has 0 saturated heterocycles. The first-order chi connectivity index (χ1) is 10.0. The van der Waals surface area contributed by atoms with E-state index in [1.165, 1.54) is 6.07 Å². The zero-order valence-corrected chi connectivity index (χ0v) is 11.5. The number of anilines is 2. The van der Waals surface area contributed by atoms with Crippen molar-refractivity contribution >= 4 is 23.0 Å². The van der Waals surface area contributed by atoms with Gasteiger partial charge in [0.1, 0.15) is 5.69 Å². The van der Waals surface area contributed by atoms with Gasteiger partial charge in [-0.25, -0.2) is 0 Å². The molecule has 21 heavy (non-hydrogen) atoms. The second kappa shape index (κ2) is 5.33. The number of carbonyl (C=O) groups is 1. The molecule has 0 unspecified atom stereocenters. The summed E-state index contributed by atoms with van der Waals surface area (Å²) in [5, 5.41) is 26.6. The van der Waals surface area contributed by atoms with E-state index < -0.39 is 4.92 Å². The Morgan fingerprint density at radius 2 is 2.00 bits per heavy atom. The van der Waals surface area contributed by atoms with E-state index in [0.29, 0.717) is 29.8 Å². The average Bonchev–Trinajstić information content (AvgIpc) is 2.79. The minimum absolute atomic E-state index is 0.00336. The zero-order chi connectivity index (χ0) is 15.0. The van der Waals surface area contributed by atoms with Crippen LogP contribution < -0.4 is 10.6 Å². The number of nitro groups is 1. The van der Waals surface area contributed by atoms with E-state index in [4.69, 9.17) is 0 Å². The van der Waals surface area contributed by atoms with Crippen LogP contribution in [0.3, 0.4) is 0 Å². The van der Waals surface area contributed by atoms with Gasteiger partial charge in [0.15, 0.2) is 0 Å². The van der Waals surface area contributed by atoms with Crippen LogP contribution in [0.2, 0.25) is 0 Å². The third kappa shape index (κ3) is 2.82. The Kier molecular flexibility index (Phi) is 3.50.